The van der Waals surface area contributed by atoms with Crippen LogP contribution in [0, 0.1) is 11.8 Å². The standard InChI is InChI=1S/C40H42Cl4N2O6/c1-5-9-11-19(7-3)17-45-37(47)21-13-25(41)31-33-27(43)15-23(39(49)50)30-24(40(51)52)16-28(44)34(36(30)33)32-26(42)14-22(29(21)35(31)32)38(48)46-18-20(8-4)12-10-6-2/h13-16,19-20H,5-12,17-18H2,1-4H3,(H,45,47)(H,46,48)(H,49,50)(H,51,52). The maximum Gasteiger partial charge on any atom is 0.336 e. The largest absolute Gasteiger partial charge is 0.478 e. The van der Waals surface area contributed by atoms with Crippen molar-refractivity contribution < 1.29 is 29.4 Å². The van der Waals surface area contributed by atoms with Gasteiger partial charge in [-0.25, -0.2) is 9.59 Å². The second-order valence-electron chi connectivity index (χ2n) is 13.5. The van der Waals surface area contributed by atoms with Gasteiger partial charge in [-0.3, -0.25) is 9.59 Å². The fraction of sp³-hybridized carbons (Fsp3) is 0.400. The summed E-state index contributed by atoms with van der Waals surface area (Å²) in [6.45, 7) is 9.24. The van der Waals surface area contributed by atoms with Crippen molar-refractivity contribution in [2.75, 3.05) is 13.1 Å². The number of carboxylic acid groups (broad SMARTS) is 2. The number of aromatic carboxylic acids is 2. The number of amides is 2. The van der Waals surface area contributed by atoms with Gasteiger partial charge in [0.15, 0.2) is 0 Å². The van der Waals surface area contributed by atoms with Crippen molar-refractivity contribution in [3.8, 4) is 0 Å². The Hall–Kier alpha value is -3.56. The van der Waals surface area contributed by atoms with Crippen LogP contribution < -0.4 is 10.6 Å². The van der Waals surface area contributed by atoms with Gasteiger partial charge in [0.25, 0.3) is 11.8 Å². The Morgan fingerprint density at radius 3 is 1.12 bits per heavy atom. The Morgan fingerprint density at radius 1 is 0.519 bits per heavy atom. The van der Waals surface area contributed by atoms with E-state index < -0.39 is 23.8 Å². The highest BCUT2D eigenvalue weighted by Crippen LogP contribution is 2.52. The summed E-state index contributed by atoms with van der Waals surface area (Å²) in [6.07, 6.45) is 7.78. The first-order chi connectivity index (χ1) is 24.8. The van der Waals surface area contributed by atoms with Crippen molar-refractivity contribution >= 4 is 113 Å². The number of carbonyl (C=O) groups excluding carboxylic acids is 2. The molecule has 0 heterocycles. The van der Waals surface area contributed by atoms with Gasteiger partial charge in [-0.05, 0) is 48.9 Å². The van der Waals surface area contributed by atoms with Crippen LogP contribution in [0.4, 0.5) is 0 Å². The first kappa shape index (κ1) is 39.6. The Balaban J connectivity index is 1.90. The summed E-state index contributed by atoms with van der Waals surface area (Å²) in [4.78, 5) is 53.5. The van der Waals surface area contributed by atoms with Gasteiger partial charge in [0, 0.05) is 87.4 Å². The number of rotatable bonds is 16. The summed E-state index contributed by atoms with van der Waals surface area (Å²) >= 11 is 28.0. The van der Waals surface area contributed by atoms with E-state index in [-0.39, 0.29) is 91.9 Å². The van der Waals surface area contributed by atoms with Gasteiger partial charge in [-0.2, -0.15) is 0 Å². The minimum atomic E-state index is -1.40. The van der Waals surface area contributed by atoms with Crippen LogP contribution in [0.15, 0.2) is 24.3 Å². The van der Waals surface area contributed by atoms with Gasteiger partial charge >= 0.3 is 11.9 Å². The van der Waals surface area contributed by atoms with Crippen LogP contribution in [-0.4, -0.2) is 47.1 Å². The maximum atomic E-state index is 14.2. The highest BCUT2D eigenvalue weighted by molar-refractivity contribution is 6.55. The van der Waals surface area contributed by atoms with E-state index in [1.165, 1.54) is 24.3 Å². The van der Waals surface area contributed by atoms with Crippen LogP contribution in [0.25, 0.3) is 43.1 Å². The lowest BCUT2D eigenvalue weighted by molar-refractivity contribution is 0.0695. The van der Waals surface area contributed by atoms with Crippen molar-refractivity contribution in [2.45, 2.75) is 79.1 Å². The second-order valence-corrected chi connectivity index (χ2v) is 15.1. The molecule has 0 bridgehead atoms. The molecule has 0 aromatic heterocycles. The predicted molar refractivity (Wildman–Crippen MR) is 213 cm³/mol. The topological polar surface area (TPSA) is 133 Å². The van der Waals surface area contributed by atoms with Gasteiger partial charge in [-0.15, -0.1) is 0 Å². The summed E-state index contributed by atoms with van der Waals surface area (Å²) in [7, 11) is 0. The van der Waals surface area contributed by atoms with Crippen LogP contribution >= 0.6 is 46.4 Å². The average molecular weight is 789 g/mol. The lowest BCUT2D eigenvalue weighted by Gasteiger charge is -2.23. The zero-order valence-corrected chi connectivity index (χ0v) is 32.6. The zero-order valence-electron chi connectivity index (χ0n) is 29.6. The third-order valence-electron chi connectivity index (χ3n) is 10.3. The summed E-state index contributed by atoms with van der Waals surface area (Å²) < 4.78 is 0. The van der Waals surface area contributed by atoms with Crippen molar-refractivity contribution in [2.24, 2.45) is 11.8 Å². The van der Waals surface area contributed by atoms with Crippen LogP contribution in [0.1, 0.15) is 120 Å². The average Bonchev–Trinajstić information content (AvgIpc) is 3.11. The lowest BCUT2D eigenvalue weighted by atomic mass is 9.83. The van der Waals surface area contributed by atoms with Crippen molar-refractivity contribution in [1.82, 2.24) is 10.6 Å². The normalized spacial score (nSPS) is 12.9. The molecular formula is C40H42Cl4N2O6. The number of unbranched alkanes of at least 4 members (excludes halogenated alkanes) is 2. The molecule has 0 fully saturated rings. The number of hydrogen-bond donors (Lipinski definition) is 4. The van der Waals surface area contributed by atoms with E-state index in [0.29, 0.717) is 18.5 Å². The zero-order chi connectivity index (χ0) is 38.0. The molecule has 4 N–H and O–H groups in total. The maximum absolute atomic E-state index is 14.2. The predicted octanol–water partition coefficient (Wildman–Crippen LogP) is 11.6. The van der Waals surface area contributed by atoms with Crippen LogP contribution in [0.3, 0.4) is 0 Å². The molecule has 52 heavy (non-hydrogen) atoms. The smallest absolute Gasteiger partial charge is 0.336 e. The molecule has 5 rings (SSSR count). The quantitative estimate of drug-likeness (QED) is 0.0581. The molecule has 0 spiro atoms. The molecule has 276 valence electrons. The molecule has 2 atom stereocenters. The summed E-state index contributed by atoms with van der Waals surface area (Å²) in [6, 6.07) is 5.32. The number of nitrogens with one attached hydrogen (secondary N) is 2. The number of hydrogen-bond acceptors (Lipinski definition) is 4. The molecule has 12 heteroatoms. The Morgan fingerprint density at radius 2 is 0.827 bits per heavy atom. The molecule has 5 aromatic carbocycles. The molecule has 8 nitrogen and oxygen atoms in total. The van der Waals surface area contributed by atoms with Gasteiger partial charge in [0.1, 0.15) is 0 Å². The van der Waals surface area contributed by atoms with E-state index in [4.69, 9.17) is 46.4 Å². The Kier molecular flexibility index (Phi) is 12.7. The molecule has 0 aliphatic rings. The minimum Gasteiger partial charge on any atom is -0.478 e. The fourth-order valence-corrected chi connectivity index (χ4v) is 8.56. The van der Waals surface area contributed by atoms with E-state index in [2.05, 4.69) is 38.3 Å². The molecule has 0 radical (unpaired) electrons. The first-order valence-corrected chi connectivity index (χ1v) is 19.3. The van der Waals surface area contributed by atoms with Gasteiger partial charge in [0.2, 0.25) is 0 Å². The van der Waals surface area contributed by atoms with Crippen molar-refractivity contribution in [3.63, 3.8) is 0 Å². The van der Waals surface area contributed by atoms with Crippen molar-refractivity contribution in [1.29, 1.82) is 0 Å². The number of benzene rings is 5. The summed E-state index contributed by atoms with van der Waals surface area (Å²) in [5.74, 6) is -3.17. The minimum absolute atomic E-state index is 0.0368. The number of carbonyl (C=O) groups is 4. The molecule has 2 amide bonds. The molecule has 0 saturated carbocycles. The molecule has 0 saturated heterocycles. The highest BCUT2D eigenvalue weighted by Gasteiger charge is 2.31. The van der Waals surface area contributed by atoms with E-state index in [9.17, 15) is 29.4 Å². The Bertz CT molecular complexity index is 2070. The molecule has 5 aromatic rings. The Labute approximate surface area is 322 Å². The van der Waals surface area contributed by atoms with E-state index >= 15 is 0 Å². The number of halogens is 4. The molecule has 2 unspecified atom stereocenters. The van der Waals surface area contributed by atoms with E-state index in [1.54, 1.807) is 0 Å². The third kappa shape index (κ3) is 7.32. The third-order valence-corrected chi connectivity index (χ3v) is 11.4. The molecule has 0 aliphatic heterocycles. The van der Waals surface area contributed by atoms with Gasteiger partial charge in [-0.1, -0.05) is 113 Å². The van der Waals surface area contributed by atoms with Gasteiger partial charge in [0.05, 0.1) is 11.1 Å². The molecule has 0 aliphatic carbocycles. The van der Waals surface area contributed by atoms with E-state index in [0.717, 1.165) is 51.4 Å². The van der Waals surface area contributed by atoms with Crippen LogP contribution in [0.2, 0.25) is 20.1 Å². The number of fused-ring (bicyclic) bond motifs is 2. The second kappa shape index (κ2) is 16.6. The van der Waals surface area contributed by atoms with E-state index in [1.807, 2.05) is 0 Å². The molecular weight excluding hydrogens is 746 g/mol. The monoisotopic (exact) mass is 786 g/mol. The fourth-order valence-electron chi connectivity index (χ4n) is 7.37. The SMILES string of the molecule is CCCCC(CC)CNC(=O)c1cc(Cl)c2c3c(Cl)cc(C(=O)O)c4c(C(=O)O)cc(Cl)c(c5c(Cl)cc(C(=O)NCC(CC)CCCC)c1c25)c43. The highest BCUT2D eigenvalue weighted by atomic mass is 35.5. The lowest BCUT2D eigenvalue weighted by Crippen LogP contribution is -2.31. The number of carboxylic acids is 2. The van der Waals surface area contributed by atoms with Gasteiger partial charge < -0.3 is 20.8 Å². The summed E-state index contributed by atoms with van der Waals surface area (Å²) in [5.41, 5.74) is -0.405. The van der Waals surface area contributed by atoms with Crippen LogP contribution in [0.5, 0.6) is 0 Å². The van der Waals surface area contributed by atoms with Crippen LogP contribution in [-0.2, 0) is 0 Å². The van der Waals surface area contributed by atoms with Crippen molar-refractivity contribution in [3.05, 3.63) is 66.6 Å². The summed E-state index contributed by atoms with van der Waals surface area (Å²) in [5, 5.41) is 28.2. The first-order valence-electron chi connectivity index (χ1n) is 17.8.